The van der Waals surface area contributed by atoms with Crippen molar-refractivity contribution >= 4 is 5.97 Å². The highest BCUT2D eigenvalue weighted by atomic mass is 19.1. The maximum Gasteiger partial charge on any atom is 0.335 e. The third-order valence-electron chi connectivity index (χ3n) is 3.31. The maximum atomic E-state index is 13.7. The third kappa shape index (κ3) is 2.87. The van der Waals surface area contributed by atoms with Gasteiger partial charge in [0.1, 0.15) is 23.9 Å². The van der Waals surface area contributed by atoms with Gasteiger partial charge in [-0.25, -0.2) is 9.18 Å². The average molecular weight is 304 g/mol. The summed E-state index contributed by atoms with van der Waals surface area (Å²) >= 11 is 0. The molecule has 0 saturated carbocycles. The first-order valence-electron chi connectivity index (χ1n) is 6.62. The zero-order valence-corrected chi connectivity index (χ0v) is 11.5. The summed E-state index contributed by atoms with van der Waals surface area (Å²) in [7, 11) is 0. The van der Waals surface area contributed by atoms with Gasteiger partial charge in [-0.2, -0.15) is 0 Å². The summed E-state index contributed by atoms with van der Waals surface area (Å²) in [5, 5.41) is 8.84. The lowest BCUT2D eigenvalue weighted by Crippen LogP contribution is -2.15. The lowest BCUT2D eigenvalue weighted by molar-refractivity contribution is -0.0194. The van der Waals surface area contributed by atoms with Gasteiger partial charge in [0, 0.05) is 5.56 Å². The predicted octanol–water partition coefficient (Wildman–Crippen LogP) is 2.97. The van der Waals surface area contributed by atoms with E-state index in [1.54, 1.807) is 18.2 Å². The predicted molar refractivity (Wildman–Crippen MR) is 74.4 cm³/mol. The molecule has 0 saturated heterocycles. The van der Waals surface area contributed by atoms with E-state index in [9.17, 15) is 9.18 Å². The minimum absolute atomic E-state index is 0.0801. The Morgan fingerprint density at radius 3 is 2.73 bits per heavy atom. The Morgan fingerprint density at radius 1 is 1.23 bits per heavy atom. The van der Waals surface area contributed by atoms with E-state index in [1.807, 2.05) is 0 Å². The fraction of sp³-hybridized carbons (Fsp3) is 0.188. The first kappa shape index (κ1) is 14.3. The number of benzene rings is 2. The van der Waals surface area contributed by atoms with Crippen LogP contribution in [0.4, 0.5) is 4.39 Å². The van der Waals surface area contributed by atoms with E-state index in [2.05, 4.69) is 0 Å². The number of hydrogen-bond donors (Lipinski definition) is 1. The Hall–Kier alpha value is -2.60. The molecule has 0 atom stereocenters. The van der Waals surface area contributed by atoms with Crippen LogP contribution in [0.25, 0.3) is 0 Å². The Morgan fingerprint density at radius 2 is 2.00 bits per heavy atom. The third-order valence-corrected chi connectivity index (χ3v) is 3.31. The van der Waals surface area contributed by atoms with Crippen LogP contribution in [0.1, 0.15) is 21.5 Å². The van der Waals surface area contributed by atoms with Gasteiger partial charge in [0.25, 0.3) is 0 Å². The van der Waals surface area contributed by atoms with Crippen molar-refractivity contribution in [2.45, 2.75) is 13.2 Å². The van der Waals surface area contributed by atoms with Crippen LogP contribution in [-0.4, -0.2) is 17.9 Å². The molecular formula is C16H13FO5. The van der Waals surface area contributed by atoms with Crippen LogP contribution in [0.15, 0.2) is 36.4 Å². The van der Waals surface area contributed by atoms with Gasteiger partial charge in [0.2, 0.25) is 0 Å². The first-order chi connectivity index (χ1) is 10.6. The number of hydrogen-bond acceptors (Lipinski definition) is 4. The normalized spacial score (nSPS) is 13.1. The molecule has 0 spiro atoms. The van der Waals surface area contributed by atoms with Crippen LogP contribution in [0.3, 0.4) is 0 Å². The molecule has 1 aliphatic rings. The number of carbonyl (C=O) groups is 1. The van der Waals surface area contributed by atoms with E-state index >= 15 is 0 Å². The van der Waals surface area contributed by atoms with Crippen LogP contribution in [-0.2, 0) is 18.0 Å². The highest BCUT2D eigenvalue weighted by Gasteiger charge is 2.19. The highest BCUT2D eigenvalue weighted by molar-refractivity contribution is 5.87. The molecule has 0 aromatic heterocycles. The van der Waals surface area contributed by atoms with Crippen molar-refractivity contribution in [2.75, 3.05) is 6.79 Å². The van der Waals surface area contributed by atoms with Gasteiger partial charge in [0.15, 0.2) is 6.79 Å². The van der Waals surface area contributed by atoms with Crippen LogP contribution >= 0.6 is 0 Å². The second-order valence-electron chi connectivity index (χ2n) is 4.74. The first-order valence-corrected chi connectivity index (χ1v) is 6.62. The number of rotatable bonds is 4. The summed E-state index contributed by atoms with van der Waals surface area (Å²) in [4.78, 5) is 10.8. The highest BCUT2D eigenvalue weighted by Crippen LogP contribution is 2.31. The van der Waals surface area contributed by atoms with Gasteiger partial charge in [-0.15, -0.1) is 0 Å². The molecule has 0 radical (unpaired) electrons. The summed E-state index contributed by atoms with van der Waals surface area (Å²) in [6.45, 7) is 0.439. The monoisotopic (exact) mass is 304 g/mol. The molecule has 0 bridgehead atoms. The molecule has 2 aromatic carbocycles. The molecule has 0 amide bonds. The Balaban J connectivity index is 1.75. The van der Waals surface area contributed by atoms with Crippen molar-refractivity contribution in [1.29, 1.82) is 0 Å². The lowest BCUT2D eigenvalue weighted by atomic mass is 10.1. The summed E-state index contributed by atoms with van der Waals surface area (Å²) in [6.07, 6.45) is 0. The summed E-state index contributed by atoms with van der Waals surface area (Å²) in [5.74, 6) is -0.389. The molecular weight excluding hydrogens is 291 g/mol. The minimum Gasteiger partial charge on any atom is -0.489 e. The van der Waals surface area contributed by atoms with E-state index in [-0.39, 0.29) is 31.4 Å². The molecule has 114 valence electrons. The second-order valence-corrected chi connectivity index (χ2v) is 4.74. The van der Waals surface area contributed by atoms with Crippen LogP contribution < -0.4 is 9.47 Å². The maximum absolute atomic E-state index is 13.7. The molecule has 22 heavy (non-hydrogen) atoms. The van der Waals surface area contributed by atoms with Gasteiger partial charge in [-0.05, 0) is 36.4 Å². The Bertz CT molecular complexity index is 696. The fourth-order valence-corrected chi connectivity index (χ4v) is 2.18. The van der Waals surface area contributed by atoms with Gasteiger partial charge < -0.3 is 19.3 Å². The molecule has 1 N–H and O–H groups in total. The molecule has 0 unspecified atom stereocenters. The molecule has 2 aromatic rings. The van der Waals surface area contributed by atoms with Gasteiger partial charge in [-0.1, -0.05) is 0 Å². The molecule has 1 aliphatic heterocycles. The fourth-order valence-electron chi connectivity index (χ4n) is 2.18. The van der Waals surface area contributed by atoms with Crippen LogP contribution in [0.2, 0.25) is 0 Å². The SMILES string of the molecule is O=C(O)c1ccc(OCc2ccc(F)c3c2OCOC3)cc1. The van der Waals surface area contributed by atoms with Crippen molar-refractivity contribution in [3.05, 3.63) is 58.9 Å². The van der Waals surface area contributed by atoms with E-state index in [1.165, 1.54) is 18.2 Å². The Labute approximate surface area is 125 Å². The number of ether oxygens (including phenoxy) is 3. The molecule has 0 aliphatic carbocycles. The smallest absolute Gasteiger partial charge is 0.335 e. The van der Waals surface area contributed by atoms with Gasteiger partial charge >= 0.3 is 5.97 Å². The van der Waals surface area contributed by atoms with E-state index < -0.39 is 5.97 Å². The molecule has 1 heterocycles. The van der Waals surface area contributed by atoms with Crippen molar-refractivity contribution in [3.8, 4) is 11.5 Å². The summed E-state index contributed by atoms with van der Waals surface area (Å²) in [5.41, 5.74) is 1.28. The zero-order valence-electron chi connectivity index (χ0n) is 11.5. The number of aromatic carboxylic acids is 1. The second kappa shape index (κ2) is 6.03. The molecule has 6 heteroatoms. The van der Waals surface area contributed by atoms with E-state index in [0.29, 0.717) is 22.6 Å². The Kier molecular flexibility index (Phi) is 3.93. The van der Waals surface area contributed by atoms with Crippen LogP contribution in [0, 0.1) is 5.82 Å². The van der Waals surface area contributed by atoms with Crippen molar-refractivity contribution in [3.63, 3.8) is 0 Å². The number of carboxylic acids is 1. The quantitative estimate of drug-likeness (QED) is 0.940. The lowest BCUT2D eigenvalue weighted by Gasteiger charge is -2.21. The molecule has 5 nitrogen and oxygen atoms in total. The summed E-state index contributed by atoms with van der Waals surface area (Å²) < 4.78 is 29.7. The topological polar surface area (TPSA) is 65.0 Å². The number of halogens is 1. The minimum atomic E-state index is -0.993. The van der Waals surface area contributed by atoms with Crippen molar-refractivity contribution in [2.24, 2.45) is 0 Å². The van der Waals surface area contributed by atoms with Gasteiger partial charge in [-0.3, -0.25) is 0 Å². The van der Waals surface area contributed by atoms with E-state index in [0.717, 1.165) is 0 Å². The van der Waals surface area contributed by atoms with Crippen molar-refractivity contribution < 1.29 is 28.5 Å². The summed E-state index contributed by atoms with van der Waals surface area (Å²) in [6, 6.07) is 9.02. The van der Waals surface area contributed by atoms with E-state index in [4.69, 9.17) is 19.3 Å². The standard InChI is InChI=1S/C16H13FO5/c17-14-6-3-11(15-13(14)8-20-9-22-15)7-21-12-4-1-10(2-5-12)16(18)19/h1-6H,7-9H2,(H,18,19). The number of carboxylic acid groups (broad SMARTS) is 1. The van der Waals surface area contributed by atoms with Crippen LogP contribution in [0.5, 0.6) is 11.5 Å². The largest absolute Gasteiger partial charge is 0.489 e. The molecule has 3 rings (SSSR count). The molecule has 0 fully saturated rings. The average Bonchev–Trinajstić information content (AvgIpc) is 2.55. The number of fused-ring (bicyclic) bond motifs is 1. The van der Waals surface area contributed by atoms with Crippen molar-refractivity contribution in [1.82, 2.24) is 0 Å². The van der Waals surface area contributed by atoms with Gasteiger partial charge in [0.05, 0.1) is 17.7 Å². The zero-order chi connectivity index (χ0) is 15.5.